The molecule has 2 aromatic rings. The van der Waals surface area contributed by atoms with E-state index in [0.29, 0.717) is 43.1 Å². The Morgan fingerprint density at radius 1 is 1.17 bits per heavy atom. The van der Waals surface area contributed by atoms with Crippen LogP contribution in [0.25, 0.3) is 0 Å². The molecule has 6 nitrogen and oxygen atoms in total. The molecule has 1 fully saturated rings. The second kappa shape index (κ2) is 8.96. The maximum Gasteiger partial charge on any atom is 0.243 e. The molecule has 0 spiro atoms. The number of carbonyl (C=O) groups is 1. The summed E-state index contributed by atoms with van der Waals surface area (Å²) in [5.74, 6) is 0.704. The van der Waals surface area contributed by atoms with Crippen LogP contribution in [0.1, 0.15) is 30.9 Å². The molecule has 0 radical (unpaired) electrons. The molecule has 30 heavy (non-hydrogen) atoms. The van der Waals surface area contributed by atoms with Gasteiger partial charge >= 0.3 is 0 Å². The monoisotopic (exact) mass is 450 g/mol. The van der Waals surface area contributed by atoms with Crippen LogP contribution >= 0.6 is 11.6 Å². The smallest absolute Gasteiger partial charge is 0.243 e. The number of sulfonamides is 1. The van der Waals surface area contributed by atoms with Crippen LogP contribution in [-0.2, 0) is 21.4 Å². The van der Waals surface area contributed by atoms with Crippen molar-refractivity contribution in [2.45, 2.75) is 38.1 Å². The van der Waals surface area contributed by atoms with Crippen molar-refractivity contribution in [2.75, 3.05) is 20.2 Å². The molecule has 1 N–H and O–H groups in total. The molecule has 0 saturated carbocycles. The molecule has 1 amide bonds. The first-order chi connectivity index (χ1) is 14.2. The number of rotatable bonds is 6. The van der Waals surface area contributed by atoms with E-state index in [1.807, 2.05) is 31.2 Å². The first kappa shape index (κ1) is 22.6. The van der Waals surface area contributed by atoms with Crippen molar-refractivity contribution in [3.05, 3.63) is 58.6 Å². The van der Waals surface area contributed by atoms with E-state index in [4.69, 9.17) is 16.3 Å². The van der Waals surface area contributed by atoms with Gasteiger partial charge in [-0.15, -0.1) is 0 Å². The van der Waals surface area contributed by atoms with Gasteiger partial charge in [0.25, 0.3) is 0 Å². The molecule has 0 bridgehead atoms. The van der Waals surface area contributed by atoms with E-state index in [-0.39, 0.29) is 10.8 Å². The molecule has 0 aliphatic carbocycles. The number of methoxy groups -OCH3 is 1. The number of nitrogens with one attached hydrogen (secondary N) is 1. The summed E-state index contributed by atoms with van der Waals surface area (Å²) in [6.45, 7) is 4.60. The van der Waals surface area contributed by atoms with E-state index in [1.165, 1.54) is 4.31 Å². The van der Waals surface area contributed by atoms with Gasteiger partial charge in [0.1, 0.15) is 5.75 Å². The maximum atomic E-state index is 13.1. The Morgan fingerprint density at radius 2 is 1.80 bits per heavy atom. The van der Waals surface area contributed by atoms with Gasteiger partial charge < -0.3 is 10.1 Å². The van der Waals surface area contributed by atoms with Crippen molar-refractivity contribution in [3.63, 3.8) is 0 Å². The molecule has 0 atom stereocenters. The van der Waals surface area contributed by atoms with Crippen LogP contribution in [0, 0.1) is 12.3 Å². The van der Waals surface area contributed by atoms with Crippen molar-refractivity contribution in [2.24, 2.45) is 5.41 Å². The molecule has 162 valence electrons. The lowest BCUT2D eigenvalue weighted by atomic mass is 9.80. The van der Waals surface area contributed by atoms with E-state index in [2.05, 4.69) is 5.32 Å². The van der Waals surface area contributed by atoms with E-state index in [0.717, 1.165) is 11.3 Å². The number of ether oxygens (including phenoxy) is 1. The summed E-state index contributed by atoms with van der Waals surface area (Å²) in [5.41, 5.74) is 0.913. The van der Waals surface area contributed by atoms with Crippen LogP contribution in [0.5, 0.6) is 5.75 Å². The Labute approximate surface area is 183 Å². The fourth-order valence-electron chi connectivity index (χ4n) is 3.59. The minimum atomic E-state index is -3.65. The van der Waals surface area contributed by atoms with Gasteiger partial charge in [0, 0.05) is 30.1 Å². The number of nitrogens with zero attached hydrogens (tertiary/aromatic N) is 1. The SMILES string of the molecule is COc1ccc(CNC(=O)C2(C)CCN(S(=O)(=O)c3cccc(Cl)c3C)CC2)cc1. The third-order valence-corrected chi connectivity index (χ3v) is 8.27. The number of hydrogen-bond donors (Lipinski definition) is 1. The predicted octanol–water partition coefficient (Wildman–Crippen LogP) is 3.76. The Bertz CT molecular complexity index is 1010. The number of halogens is 1. The molecule has 2 aromatic carbocycles. The van der Waals surface area contributed by atoms with Crippen LogP contribution < -0.4 is 10.1 Å². The second-order valence-electron chi connectivity index (χ2n) is 7.86. The van der Waals surface area contributed by atoms with Gasteiger partial charge in [-0.25, -0.2) is 8.42 Å². The molecule has 3 rings (SSSR count). The van der Waals surface area contributed by atoms with E-state index in [9.17, 15) is 13.2 Å². The van der Waals surface area contributed by atoms with Gasteiger partial charge in [0.2, 0.25) is 15.9 Å². The van der Waals surface area contributed by atoms with Gasteiger partial charge in [0.05, 0.1) is 12.0 Å². The fourth-order valence-corrected chi connectivity index (χ4v) is 5.51. The summed E-state index contributed by atoms with van der Waals surface area (Å²) in [4.78, 5) is 13.0. The molecular weight excluding hydrogens is 424 g/mol. The summed E-state index contributed by atoms with van der Waals surface area (Å²) in [5, 5.41) is 3.41. The molecule has 8 heteroatoms. The van der Waals surface area contributed by atoms with Crippen molar-refractivity contribution in [3.8, 4) is 5.75 Å². The largest absolute Gasteiger partial charge is 0.497 e. The molecule has 1 aliphatic rings. The third-order valence-electron chi connectivity index (χ3n) is 5.82. The zero-order chi connectivity index (χ0) is 21.9. The van der Waals surface area contributed by atoms with Crippen LogP contribution in [0.3, 0.4) is 0 Å². The van der Waals surface area contributed by atoms with Gasteiger partial charge in [-0.3, -0.25) is 4.79 Å². The molecule has 1 aliphatic heterocycles. The van der Waals surface area contributed by atoms with Crippen LogP contribution in [-0.4, -0.2) is 38.8 Å². The van der Waals surface area contributed by atoms with Crippen LogP contribution in [0.4, 0.5) is 0 Å². The number of benzene rings is 2. The van der Waals surface area contributed by atoms with E-state index >= 15 is 0 Å². The van der Waals surface area contributed by atoms with Crippen molar-refractivity contribution in [1.82, 2.24) is 9.62 Å². The maximum absolute atomic E-state index is 13.1. The number of carbonyl (C=O) groups excluding carboxylic acids is 1. The highest BCUT2D eigenvalue weighted by atomic mass is 35.5. The van der Waals surface area contributed by atoms with Crippen molar-refractivity contribution < 1.29 is 17.9 Å². The number of piperidine rings is 1. The molecule has 1 saturated heterocycles. The Balaban J connectivity index is 1.62. The van der Waals surface area contributed by atoms with E-state index < -0.39 is 15.4 Å². The van der Waals surface area contributed by atoms with Gasteiger partial charge in [0.15, 0.2) is 0 Å². The minimum Gasteiger partial charge on any atom is -0.497 e. The molecular formula is C22H27ClN2O4S. The Hall–Kier alpha value is -2.09. The first-order valence-electron chi connectivity index (χ1n) is 9.84. The zero-order valence-electron chi connectivity index (χ0n) is 17.4. The molecule has 0 aromatic heterocycles. The van der Waals surface area contributed by atoms with Gasteiger partial charge in [-0.2, -0.15) is 4.31 Å². The Morgan fingerprint density at radius 3 is 2.40 bits per heavy atom. The minimum absolute atomic E-state index is 0.0608. The average Bonchev–Trinajstić information content (AvgIpc) is 2.74. The third kappa shape index (κ3) is 4.63. The summed E-state index contributed by atoms with van der Waals surface area (Å²) in [6.07, 6.45) is 0.917. The van der Waals surface area contributed by atoms with Crippen LogP contribution in [0.15, 0.2) is 47.4 Å². The van der Waals surface area contributed by atoms with Gasteiger partial charge in [-0.1, -0.05) is 36.7 Å². The van der Waals surface area contributed by atoms with Crippen molar-refractivity contribution in [1.29, 1.82) is 0 Å². The average molecular weight is 451 g/mol. The molecule has 0 unspecified atom stereocenters. The first-order valence-corrected chi connectivity index (χ1v) is 11.7. The standard InChI is InChI=1S/C22H27ClN2O4S/c1-16-19(23)5-4-6-20(16)30(27,28)25-13-11-22(2,12-14-25)21(26)24-15-17-7-9-18(29-3)10-8-17/h4-10H,11-15H2,1-3H3,(H,24,26). The van der Waals surface area contributed by atoms with E-state index in [1.54, 1.807) is 32.2 Å². The highest BCUT2D eigenvalue weighted by molar-refractivity contribution is 7.89. The normalized spacial score (nSPS) is 16.8. The summed E-state index contributed by atoms with van der Waals surface area (Å²) in [6, 6.07) is 12.4. The second-order valence-corrected chi connectivity index (χ2v) is 10.2. The Kier molecular flexibility index (Phi) is 6.75. The van der Waals surface area contributed by atoms with Crippen molar-refractivity contribution >= 4 is 27.5 Å². The lowest BCUT2D eigenvalue weighted by molar-refractivity contribution is -0.132. The number of hydrogen-bond acceptors (Lipinski definition) is 4. The summed E-state index contributed by atoms with van der Waals surface area (Å²) < 4.78 is 32.7. The van der Waals surface area contributed by atoms with Gasteiger partial charge in [-0.05, 0) is 55.2 Å². The zero-order valence-corrected chi connectivity index (χ0v) is 19.0. The highest BCUT2D eigenvalue weighted by Gasteiger charge is 2.40. The lowest BCUT2D eigenvalue weighted by Gasteiger charge is -2.37. The topological polar surface area (TPSA) is 75.7 Å². The predicted molar refractivity (Wildman–Crippen MR) is 117 cm³/mol. The lowest BCUT2D eigenvalue weighted by Crippen LogP contribution is -2.48. The summed E-state index contributed by atoms with van der Waals surface area (Å²) >= 11 is 6.11. The molecule has 1 heterocycles. The van der Waals surface area contributed by atoms with Crippen LogP contribution in [0.2, 0.25) is 5.02 Å². The number of amides is 1. The highest BCUT2D eigenvalue weighted by Crippen LogP contribution is 2.35. The fraction of sp³-hybridized carbons (Fsp3) is 0.409. The quantitative estimate of drug-likeness (QED) is 0.726. The summed E-state index contributed by atoms with van der Waals surface area (Å²) in [7, 11) is -2.04.